The van der Waals surface area contributed by atoms with E-state index in [-0.39, 0.29) is 11.9 Å². The Hall–Kier alpha value is -2.34. The first kappa shape index (κ1) is 21.9. The Labute approximate surface area is 188 Å². The minimum Gasteiger partial charge on any atom is -0.481 e. The van der Waals surface area contributed by atoms with Crippen molar-refractivity contribution in [2.75, 3.05) is 11.9 Å². The van der Waals surface area contributed by atoms with E-state index in [9.17, 15) is 9.59 Å². The third-order valence-electron chi connectivity index (χ3n) is 6.15. The molecule has 1 aromatic heterocycles. The molecule has 5 nitrogen and oxygen atoms in total. The van der Waals surface area contributed by atoms with Crippen LogP contribution in [0.25, 0.3) is 0 Å². The zero-order valence-electron chi connectivity index (χ0n) is 18.4. The lowest BCUT2D eigenvalue weighted by Crippen LogP contribution is -2.32. The molecule has 1 amide bonds. The van der Waals surface area contributed by atoms with Gasteiger partial charge < -0.3 is 14.8 Å². The molecule has 0 unspecified atom stereocenters. The average Bonchev–Trinajstić information content (AvgIpc) is 3.15. The molecule has 0 fully saturated rings. The van der Waals surface area contributed by atoms with Gasteiger partial charge >= 0.3 is 5.97 Å². The molecule has 2 aromatic rings. The standard InChI is InChI=1S/C25H31NO4S/c1-3-20(30-18-14-13-16-9-5-6-10-17(16)15-18)23(27)26-24-22(25(28)29-4-2)19-11-7-8-12-21(19)31-24/h13-15,20H,3-12H2,1-2H3,(H,26,27)/t20-/m0/s1. The molecule has 0 spiro atoms. The van der Waals surface area contributed by atoms with Crippen molar-refractivity contribution in [3.8, 4) is 5.75 Å². The highest BCUT2D eigenvalue weighted by Crippen LogP contribution is 2.39. The summed E-state index contributed by atoms with van der Waals surface area (Å²) < 4.78 is 11.4. The first-order valence-corrected chi connectivity index (χ1v) is 12.3. The molecular weight excluding hydrogens is 410 g/mol. The summed E-state index contributed by atoms with van der Waals surface area (Å²) in [4.78, 5) is 26.9. The van der Waals surface area contributed by atoms with Crippen LogP contribution in [0.1, 0.15) is 77.9 Å². The highest BCUT2D eigenvalue weighted by Gasteiger charge is 2.29. The molecule has 1 atom stereocenters. The molecule has 1 N–H and O–H groups in total. The van der Waals surface area contributed by atoms with Crippen LogP contribution in [0.2, 0.25) is 0 Å². The van der Waals surface area contributed by atoms with Crippen LogP contribution in [-0.2, 0) is 35.2 Å². The van der Waals surface area contributed by atoms with Crippen molar-refractivity contribution < 1.29 is 19.1 Å². The van der Waals surface area contributed by atoms with Gasteiger partial charge in [0, 0.05) is 4.88 Å². The number of carbonyl (C=O) groups excluding carboxylic acids is 2. The summed E-state index contributed by atoms with van der Waals surface area (Å²) in [6.07, 6.45) is 8.54. The van der Waals surface area contributed by atoms with E-state index in [4.69, 9.17) is 9.47 Å². The van der Waals surface area contributed by atoms with Crippen molar-refractivity contribution in [3.05, 3.63) is 45.3 Å². The van der Waals surface area contributed by atoms with E-state index in [0.717, 1.165) is 49.8 Å². The third kappa shape index (κ3) is 4.79. The van der Waals surface area contributed by atoms with Gasteiger partial charge in [0.15, 0.2) is 6.10 Å². The van der Waals surface area contributed by atoms with Gasteiger partial charge in [-0.2, -0.15) is 0 Å². The van der Waals surface area contributed by atoms with Crippen LogP contribution in [-0.4, -0.2) is 24.6 Å². The summed E-state index contributed by atoms with van der Waals surface area (Å²) in [6, 6.07) is 6.17. The Bertz CT molecular complexity index is 965. The first-order valence-electron chi connectivity index (χ1n) is 11.5. The normalized spacial score (nSPS) is 16.1. The topological polar surface area (TPSA) is 64.6 Å². The van der Waals surface area contributed by atoms with Gasteiger partial charge in [-0.05, 0) is 93.5 Å². The Kier molecular flexibility index (Phi) is 6.96. The zero-order valence-corrected chi connectivity index (χ0v) is 19.2. The van der Waals surface area contributed by atoms with E-state index in [2.05, 4.69) is 17.4 Å². The number of fused-ring (bicyclic) bond motifs is 2. The van der Waals surface area contributed by atoms with Gasteiger partial charge in [-0.1, -0.05) is 13.0 Å². The number of nitrogens with one attached hydrogen (secondary N) is 1. The van der Waals surface area contributed by atoms with E-state index in [1.807, 2.05) is 13.0 Å². The fraction of sp³-hybridized carbons (Fsp3) is 0.520. The number of aryl methyl sites for hydroxylation is 3. The number of hydrogen-bond acceptors (Lipinski definition) is 5. The Balaban J connectivity index is 1.52. The van der Waals surface area contributed by atoms with Gasteiger partial charge in [0.2, 0.25) is 0 Å². The maximum Gasteiger partial charge on any atom is 0.341 e. The summed E-state index contributed by atoms with van der Waals surface area (Å²) in [5.41, 5.74) is 4.31. The van der Waals surface area contributed by atoms with Gasteiger partial charge in [-0.15, -0.1) is 11.3 Å². The lowest BCUT2D eigenvalue weighted by Gasteiger charge is -2.20. The molecule has 1 heterocycles. The minimum atomic E-state index is -0.615. The van der Waals surface area contributed by atoms with E-state index in [1.165, 1.54) is 40.2 Å². The molecule has 0 saturated heterocycles. The second-order valence-electron chi connectivity index (χ2n) is 8.28. The van der Waals surface area contributed by atoms with Crippen LogP contribution in [0.4, 0.5) is 5.00 Å². The molecule has 0 bridgehead atoms. The van der Waals surface area contributed by atoms with Crippen molar-refractivity contribution in [3.63, 3.8) is 0 Å². The summed E-state index contributed by atoms with van der Waals surface area (Å²) >= 11 is 1.51. The third-order valence-corrected chi connectivity index (χ3v) is 7.36. The monoisotopic (exact) mass is 441 g/mol. The summed E-state index contributed by atoms with van der Waals surface area (Å²) in [5, 5.41) is 3.59. The van der Waals surface area contributed by atoms with Crippen LogP contribution in [0.3, 0.4) is 0 Å². The molecule has 2 aliphatic rings. The fourth-order valence-electron chi connectivity index (χ4n) is 4.54. The van der Waals surface area contributed by atoms with E-state index in [0.29, 0.717) is 23.6 Å². The highest BCUT2D eigenvalue weighted by molar-refractivity contribution is 7.17. The van der Waals surface area contributed by atoms with Crippen molar-refractivity contribution in [2.24, 2.45) is 0 Å². The second-order valence-corrected chi connectivity index (χ2v) is 9.38. The Morgan fingerprint density at radius 3 is 2.55 bits per heavy atom. The summed E-state index contributed by atoms with van der Waals surface area (Å²) in [5.74, 6) is 0.170. The molecule has 4 rings (SSSR count). The number of esters is 1. The van der Waals surface area contributed by atoms with Crippen LogP contribution in [0.5, 0.6) is 5.75 Å². The van der Waals surface area contributed by atoms with Crippen LogP contribution >= 0.6 is 11.3 Å². The number of carbonyl (C=O) groups is 2. The van der Waals surface area contributed by atoms with Gasteiger partial charge in [-0.25, -0.2) is 4.79 Å². The van der Waals surface area contributed by atoms with Gasteiger partial charge in [-0.3, -0.25) is 4.79 Å². The minimum absolute atomic E-state index is 0.218. The maximum absolute atomic E-state index is 13.1. The molecule has 2 aliphatic carbocycles. The van der Waals surface area contributed by atoms with E-state index >= 15 is 0 Å². The van der Waals surface area contributed by atoms with E-state index in [1.54, 1.807) is 6.92 Å². The number of anilines is 1. The molecule has 0 radical (unpaired) electrons. The average molecular weight is 442 g/mol. The molecule has 0 saturated carbocycles. The molecule has 31 heavy (non-hydrogen) atoms. The fourth-order valence-corrected chi connectivity index (χ4v) is 5.82. The number of amides is 1. The van der Waals surface area contributed by atoms with Gasteiger partial charge in [0.25, 0.3) is 5.91 Å². The Morgan fingerprint density at radius 1 is 1.03 bits per heavy atom. The zero-order chi connectivity index (χ0) is 21.8. The number of thiophene rings is 1. The molecular formula is C25H31NO4S. The SMILES string of the molecule is CCOC(=O)c1c(NC(=O)[C@H](CC)Oc2ccc3c(c2)CCCC3)sc2c1CCCC2. The number of hydrogen-bond donors (Lipinski definition) is 1. The lowest BCUT2D eigenvalue weighted by molar-refractivity contribution is -0.122. The predicted octanol–water partition coefficient (Wildman–Crippen LogP) is 5.48. The second kappa shape index (κ2) is 9.86. The predicted molar refractivity (Wildman–Crippen MR) is 123 cm³/mol. The largest absolute Gasteiger partial charge is 0.481 e. The quantitative estimate of drug-likeness (QED) is 0.578. The molecule has 0 aliphatic heterocycles. The maximum atomic E-state index is 13.1. The smallest absolute Gasteiger partial charge is 0.341 e. The number of ether oxygens (including phenoxy) is 2. The molecule has 166 valence electrons. The summed E-state index contributed by atoms with van der Waals surface area (Å²) in [6.45, 7) is 4.05. The highest BCUT2D eigenvalue weighted by atomic mass is 32.1. The van der Waals surface area contributed by atoms with Crippen LogP contribution < -0.4 is 10.1 Å². The van der Waals surface area contributed by atoms with Crippen molar-refractivity contribution in [1.29, 1.82) is 0 Å². The van der Waals surface area contributed by atoms with Crippen molar-refractivity contribution >= 4 is 28.2 Å². The molecule has 6 heteroatoms. The van der Waals surface area contributed by atoms with Gasteiger partial charge in [0.05, 0.1) is 12.2 Å². The van der Waals surface area contributed by atoms with Crippen LogP contribution in [0, 0.1) is 0 Å². The Morgan fingerprint density at radius 2 is 1.77 bits per heavy atom. The van der Waals surface area contributed by atoms with Crippen molar-refractivity contribution in [2.45, 2.75) is 77.7 Å². The number of benzene rings is 1. The first-order chi connectivity index (χ1) is 15.1. The van der Waals surface area contributed by atoms with E-state index < -0.39 is 6.10 Å². The lowest BCUT2D eigenvalue weighted by atomic mass is 9.92. The van der Waals surface area contributed by atoms with Gasteiger partial charge in [0.1, 0.15) is 10.8 Å². The van der Waals surface area contributed by atoms with Crippen molar-refractivity contribution in [1.82, 2.24) is 0 Å². The van der Waals surface area contributed by atoms with Crippen LogP contribution in [0.15, 0.2) is 18.2 Å². The molecule has 1 aromatic carbocycles. The summed E-state index contributed by atoms with van der Waals surface area (Å²) in [7, 11) is 0. The number of rotatable bonds is 7.